The summed E-state index contributed by atoms with van der Waals surface area (Å²) in [5.74, 6) is 2.12. The second-order valence-corrected chi connectivity index (χ2v) is 12.9. The third kappa shape index (κ3) is 6.08. The minimum atomic E-state index is -2.84. The Labute approximate surface area is 210 Å². The fraction of sp³-hybridized carbons (Fsp3) is 0.462. The van der Waals surface area contributed by atoms with Crippen molar-refractivity contribution in [2.75, 3.05) is 23.9 Å². The van der Waals surface area contributed by atoms with Crippen LogP contribution in [-0.4, -0.2) is 54.0 Å². The van der Waals surface area contributed by atoms with E-state index in [1.54, 1.807) is 28.6 Å². The molecule has 0 bridgehead atoms. The molecule has 35 heavy (non-hydrogen) atoms. The second-order valence-electron chi connectivity index (χ2n) is 9.52. The lowest BCUT2D eigenvalue weighted by Gasteiger charge is -2.24. The number of hydrogen-bond acceptors (Lipinski definition) is 7. The zero-order valence-corrected chi connectivity index (χ0v) is 21.5. The molecular formula is C26H31N3O4S2. The van der Waals surface area contributed by atoms with E-state index in [-0.39, 0.29) is 23.1 Å². The van der Waals surface area contributed by atoms with Gasteiger partial charge in [0.25, 0.3) is 5.56 Å². The molecule has 186 valence electrons. The van der Waals surface area contributed by atoms with E-state index in [9.17, 15) is 13.2 Å². The summed E-state index contributed by atoms with van der Waals surface area (Å²) >= 11 is 1.71. The van der Waals surface area contributed by atoms with E-state index in [4.69, 9.17) is 4.74 Å². The molecule has 0 saturated carbocycles. The van der Waals surface area contributed by atoms with Crippen molar-refractivity contribution in [1.29, 1.82) is 0 Å². The van der Waals surface area contributed by atoms with Gasteiger partial charge in [0.1, 0.15) is 27.2 Å². The Hall–Kier alpha value is -2.36. The van der Waals surface area contributed by atoms with Gasteiger partial charge in [0.2, 0.25) is 0 Å². The number of aryl methyl sites for hydroxylation is 1. The number of aromatic nitrogens is 1. The Bertz CT molecular complexity index is 1320. The van der Waals surface area contributed by atoms with Crippen molar-refractivity contribution in [3.63, 3.8) is 0 Å². The number of fused-ring (bicyclic) bond motifs is 1. The standard InChI is InChI=1S/C26H31N3O4S2/c1-18-17-34-25(28-18)16-33-24-6-9-29(26(30)14-24)23-5-4-20-12-19(2-3-21(20)13-23)15-27-22-7-10-35(31,32)11-8-22/h2-3,6,9,12-14,18,22,27H,4-5,7-8,10-11,15-17H2,1H3. The largest absolute Gasteiger partial charge is 0.486 e. The number of benzene rings is 1. The molecule has 5 rings (SSSR count). The molecule has 2 aromatic rings. The minimum Gasteiger partial charge on any atom is -0.486 e. The van der Waals surface area contributed by atoms with Crippen LogP contribution in [0.5, 0.6) is 5.75 Å². The summed E-state index contributed by atoms with van der Waals surface area (Å²) in [6.45, 7) is 3.23. The zero-order valence-electron chi connectivity index (χ0n) is 19.9. The molecule has 1 saturated heterocycles. The van der Waals surface area contributed by atoms with Crippen LogP contribution in [0.15, 0.2) is 46.3 Å². The normalized spacial score (nSPS) is 21.8. The first-order chi connectivity index (χ1) is 16.8. The van der Waals surface area contributed by atoms with Crippen LogP contribution >= 0.6 is 11.8 Å². The summed E-state index contributed by atoms with van der Waals surface area (Å²) in [4.78, 5) is 17.3. The molecule has 1 unspecified atom stereocenters. The number of ether oxygens (including phenoxy) is 1. The maximum absolute atomic E-state index is 12.8. The number of thioether (sulfide) groups is 1. The molecular weight excluding hydrogens is 482 g/mol. The van der Waals surface area contributed by atoms with Crippen molar-refractivity contribution in [3.8, 4) is 5.75 Å². The van der Waals surface area contributed by atoms with Crippen LogP contribution in [0.2, 0.25) is 0 Å². The molecule has 1 atom stereocenters. The maximum Gasteiger partial charge on any atom is 0.258 e. The third-order valence-corrected chi connectivity index (χ3v) is 9.67. The van der Waals surface area contributed by atoms with Gasteiger partial charge in [0.05, 0.1) is 17.5 Å². The molecule has 0 spiro atoms. The number of aliphatic imine (C=N–C) groups is 1. The van der Waals surface area contributed by atoms with E-state index < -0.39 is 9.84 Å². The fourth-order valence-electron chi connectivity index (χ4n) is 4.74. The molecule has 3 heterocycles. The van der Waals surface area contributed by atoms with Crippen LogP contribution in [0.3, 0.4) is 0 Å². The number of allylic oxidation sites excluding steroid dienone is 1. The topological polar surface area (TPSA) is 89.8 Å². The van der Waals surface area contributed by atoms with E-state index in [1.807, 2.05) is 6.07 Å². The predicted octanol–water partition coefficient (Wildman–Crippen LogP) is 3.37. The van der Waals surface area contributed by atoms with E-state index in [1.165, 1.54) is 11.1 Å². The van der Waals surface area contributed by atoms with Gasteiger partial charge in [-0.2, -0.15) is 0 Å². The lowest BCUT2D eigenvalue weighted by Crippen LogP contribution is -2.37. The van der Waals surface area contributed by atoms with Crippen molar-refractivity contribution in [1.82, 2.24) is 9.88 Å². The summed E-state index contributed by atoms with van der Waals surface area (Å²) < 4.78 is 30.7. The molecule has 0 amide bonds. The molecule has 1 N–H and O–H groups in total. The van der Waals surface area contributed by atoms with Crippen molar-refractivity contribution < 1.29 is 13.2 Å². The molecule has 1 aromatic carbocycles. The molecule has 0 radical (unpaired) electrons. The first kappa shape index (κ1) is 24.3. The molecule has 7 nitrogen and oxygen atoms in total. The van der Waals surface area contributed by atoms with Crippen LogP contribution in [0.25, 0.3) is 11.8 Å². The number of nitrogens with one attached hydrogen (secondary N) is 1. The van der Waals surface area contributed by atoms with Gasteiger partial charge in [0, 0.05) is 36.3 Å². The average Bonchev–Trinajstić information content (AvgIpc) is 3.27. The number of nitrogens with zero attached hydrogens (tertiary/aromatic N) is 2. The summed E-state index contributed by atoms with van der Waals surface area (Å²) in [5.41, 5.74) is 4.50. The number of pyridine rings is 1. The smallest absolute Gasteiger partial charge is 0.258 e. The highest BCUT2D eigenvalue weighted by atomic mass is 32.2. The highest BCUT2D eigenvalue weighted by molar-refractivity contribution is 8.14. The monoisotopic (exact) mass is 513 g/mol. The van der Waals surface area contributed by atoms with Crippen molar-refractivity contribution >= 4 is 38.4 Å². The summed E-state index contributed by atoms with van der Waals surface area (Å²) in [6.07, 6.45) is 6.92. The highest BCUT2D eigenvalue weighted by Crippen LogP contribution is 2.27. The lowest BCUT2D eigenvalue weighted by atomic mass is 9.93. The lowest BCUT2D eigenvalue weighted by molar-refractivity contribution is 0.377. The van der Waals surface area contributed by atoms with E-state index in [0.717, 1.165) is 41.4 Å². The maximum atomic E-state index is 12.8. The van der Waals surface area contributed by atoms with Gasteiger partial charge in [-0.15, -0.1) is 11.8 Å². The summed E-state index contributed by atoms with van der Waals surface area (Å²) in [5, 5.41) is 4.50. The first-order valence-corrected chi connectivity index (χ1v) is 15.0. The molecule has 1 fully saturated rings. The van der Waals surface area contributed by atoms with Crippen molar-refractivity contribution in [3.05, 3.63) is 63.6 Å². The molecule has 9 heteroatoms. The van der Waals surface area contributed by atoms with Gasteiger partial charge in [-0.05, 0) is 61.4 Å². The van der Waals surface area contributed by atoms with Crippen molar-refractivity contribution in [2.24, 2.45) is 4.99 Å². The predicted molar refractivity (Wildman–Crippen MR) is 143 cm³/mol. The number of sulfone groups is 1. The van der Waals surface area contributed by atoms with Gasteiger partial charge in [-0.1, -0.05) is 18.2 Å². The molecule has 3 aliphatic rings. The Balaban J connectivity index is 1.21. The van der Waals surface area contributed by atoms with E-state index in [0.29, 0.717) is 31.2 Å². The number of rotatable bonds is 7. The SMILES string of the molecule is CC1CSC(COc2ccn(C3=Cc4ccc(CNC5CCS(=O)(=O)CC5)cc4CC3)c(=O)c2)=N1. The van der Waals surface area contributed by atoms with Crippen LogP contribution in [0.1, 0.15) is 42.9 Å². The van der Waals surface area contributed by atoms with Crippen LogP contribution in [0.4, 0.5) is 0 Å². The molecule has 2 aliphatic heterocycles. The minimum absolute atomic E-state index is 0.0955. The Morgan fingerprint density at radius 3 is 2.74 bits per heavy atom. The van der Waals surface area contributed by atoms with Gasteiger partial charge in [-0.3, -0.25) is 14.4 Å². The molecule has 1 aliphatic carbocycles. The van der Waals surface area contributed by atoms with Crippen molar-refractivity contribution in [2.45, 2.75) is 51.2 Å². The Morgan fingerprint density at radius 1 is 1.17 bits per heavy atom. The van der Waals surface area contributed by atoms with Gasteiger partial charge in [0.15, 0.2) is 0 Å². The highest BCUT2D eigenvalue weighted by Gasteiger charge is 2.23. The van der Waals surface area contributed by atoms with Gasteiger partial charge in [-0.25, -0.2) is 8.42 Å². The van der Waals surface area contributed by atoms with Gasteiger partial charge < -0.3 is 10.1 Å². The van der Waals surface area contributed by atoms with Crippen LogP contribution < -0.4 is 15.6 Å². The third-order valence-electron chi connectivity index (χ3n) is 6.75. The second kappa shape index (κ2) is 10.3. The van der Waals surface area contributed by atoms with E-state index in [2.05, 4.69) is 41.5 Å². The van der Waals surface area contributed by atoms with Crippen LogP contribution in [-0.2, 0) is 22.8 Å². The quantitative estimate of drug-likeness (QED) is 0.611. The average molecular weight is 514 g/mol. The Morgan fingerprint density at radius 2 is 2.00 bits per heavy atom. The summed E-state index contributed by atoms with van der Waals surface area (Å²) in [7, 11) is -2.84. The van der Waals surface area contributed by atoms with Gasteiger partial charge >= 0.3 is 0 Å². The Kier molecular flexibility index (Phi) is 7.18. The number of hydrogen-bond donors (Lipinski definition) is 1. The molecule has 1 aromatic heterocycles. The van der Waals surface area contributed by atoms with Crippen LogP contribution in [0, 0.1) is 0 Å². The first-order valence-electron chi connectivity index (χ1n) is 12.2. The summed E-state index contributed by atoms with van der Waals surface area (Å²) in [6, 6.07) is 10.4. The zero-order chi connectivity index (χ0) is 24.4. The van der Waals surface area contributed by atoms with E-state index >= 15 is 0 Å². The fourth-order valence-corrected chi connectivity index (χ4v) is 7.13.